The largest absolute Gasteiger partial charge is 0.382 e. The molecule has 1 aromatic heterocycles. The first-order valence-electron chi connectivity index (χ1n) is 12.9. The average Bonchev–Trinajstić information content (AvgIpc) is 3.76. The summed E-state index contributed by atoms with van der Waals surface area (Å²) in [7, 11) is 0. The van der Waals surface area contributed by atoms with Crippen LogP contribution < -0.4 is 5.73 Å². The number of carbonyl (C=O) groups is 4. The van der Waals surface area contributed by atoms with Crippen LogP contribution in [-0.2, 0) is 32.1 Å². The van der Waals surface area contributed by atoms with Crippen molar-refractivity contribution < 1.29 is 23.7 Å². The Balaban J connectivity index is 1.28. The molecule has 0 aromatic carbocycles. The van der Waals surface area contributed by atoms with Gasteiger partial charge in [0.1, 0.15) is 24.2 Å². The molecule has 3 aliphatic heterocycles. The van der Waals surface area contributed by atoms with Gasteiger partial charge < -0.3 is 15.5 Å². The zero-order valence-corrected chi connectivity index (χ0v) is 20.0. The number of rotatable bonds is 6. The first-order valence-corrected chi connectivity index (χ1v) is 12.9. The average molecular weight is 482 g/mol. The number of hydrogen-bond acceptors (Lipinski definition) is 7. The summed E-state index contributed by atoms with van der Waals surface area (Å²) in [5.41, 5.74) is 7.40. The highest BCUT2D eigenvalue weighted by molar-refractivity contribution is 5.94. The summed E-state index contributed by atoms with van der Waals surface area (Å²) in [6.45, 7) is 2.61. The quantitative estimate of drug-likeness (QED) is 0.463. The third-order valence-electron chi connectivity index (χ3n) is 8.47. The molecule has 5 aliphatic rings. The molecule has 4 fully saturated rings. The lowest BCUT2D eigenvalue weighted by Crippen LogP contribution is -2.63. The number of imide groups is 1. The lowest BCUT2D eigenvalue weighted by atomic mass is 9.94. The van der Waals surface area contributed by atoms with Crippen molar-refractivity contribution in [3.05, 3.63) is 17.3 Å². The minimum atomic E-state index is -0.515. The van der Waals surface area contributed by atoms with Crippen LogP contribution in [0.5, 0.6) is 0 Å². The van der Waals surface area contributed by atoms with Crippen molar-refractivity contribution >= 4 is 29.4 Å². The van der Waals surface area contributed by atoms with Gasteiger partial charge in [-0.05, 0) is 43.6 Å². The number of nitrogen functional groups attached to an aromatic ring is 1. The summed E-state index contributed by atoms with van der Waals surface area (Å²) < 4.78 is -0.359. The Bertz CT molecular complexity index is 1040. The molecule has 2 N–H and O–H groups in total. The fraction of sp³-hybridized carbons (Fsp3) is 0.680. The monoisotopic (exact) mass is 481 g/mol. The summed E-state index contributed by atoms with van der Waals surface area (Å²) in [5.74, 6) is -0.0865. The van der Waals surface area contributed by atoms with E-state index in [1.54, 1.807) is 15.9 Å². The molecule has 0 radical (unpaired) electrons. The van der Waals surface area contributed by atoms with Gasteiger partial charge in [0.05, 0.1) is 12.2 Å². The SMILES string of the molecule is Nc1cc2c(nn1)CC[N+](C(=O)[C@H]1CC(=O)N(CC3CC3)C1)(C(=O)[C@H]1CC(=O)N(CC3CC3)C1)C2. The smallest absolute Gasteiger partial charge is 0.326 e. The number of anilines is 1. The number of fused-ring (bicyclic) bond motifs is 1. The Kier molecular flexibility index (Phi) is 5.39. The topological polar surface area (TPSA) is 127 Å². The van der Waals surface area contributed by atoms with E-state index < -0.39 is 11.8 Å². The zero-order valence-electron chi connectivity index (χ0n) is 20.0. The molecule has 0 unspecified atom stereocenters. The third kappa shape index (κ3) is 4.22. The maximum absolute atomic E-state index is 14.2. The highest BCUT2D eigenvalue weighted by atomic mass is 16.2. The van der Waals surface area contributed by atoms with Crippen molar-refractivity contribution in [3.8, 4) is 0 Å². The molecular weight excluding hydrogens is 448 g/mol. The van der Waals surface area contributed by atoms with Crippen molar-refractivity contribution in [1.29, 1.82) is 0 Å². The minimum absolute atomic E-state index is 0.0000207. The van der Waals surface area contributed by atoms with Gasteiger partial charge in [0, 0.05) is 51.0 Å². The van der Waals surface area contributed by atoms with Gasteiger partial charge >= 0.3 is 11.8 Å². The molecule has 2 atom stereocenters. The van der Waals surface area contributed by atoms with E-state index in [1.807, 2.05) is 0 Å². The van der Waals surface area contributed by atoms with Crippen molar-refractivity contribution in [2.75, 3.05) is 38.5 Å². The van der Waals surface area contributed by atoms with Gasteiger partial charge in [-0.2, -0.15) is 9.58 Å². The number of aromatic nitrogens is 2. The zero-order chi connectivity index (χ0) is 24.3. The van der Waals surface area contributed by atoms with Crippen LogP contribution in [-0.4, -0.2) is 80.8 Å². The number of carbonyl (C=O) groups excluding carboxylic acids is 4. The number of nitrogens with two attached hydrogens (primary N) is 1. The van der Waals surface area contributed by atoms with E-state index in [0.717, 1.165) is 36.9 Å². The van der Waals surface area contributed by atoms with Gasteiger partial charge in [0.2, 0.25) is 11.8 Å². The summed E-state index contributed by atoms with van der Waals surface area (Å²) in [6, 6.07) is 1.70. The number of amides is 4. The molecule has 1 aromatic rings. The molecule has 35 heavy (non-hydrogen) atoms. The summed E-state index contributed by atoms with van der Waals surface area (Å²) in [6.07, 6.45) is 5.26. The third-order valence-corrected chi connectivity index (χ3v) is 8.47. The summed E-state index contributed by atoms with van der Waals surface area (Å²) in [5, 5.41) is 8.13. The molecule has 4 heterocycles. The Morgan fingerprint density at radius 2 is 1.46 bits per heavy atom. The molecule has 4 amide bonds. The van der Waals surface area contributed by atoms with Crippen molar-refractivity contribution in [2.24, 2.45) is 23.7 Å². The van der Waals surface area contributed by atoms with Crippen LogP contribution >= 0.6 is 0 Å². The maximum Gasteiger partial charge on any atom is 0.326 e. The molecule has 10 nitrogen and oxygen atoms in total. The second kappa shape index (κ2) is 8.36. The molecule has 10 heteroatoms. The minimum Gasteiger partial charge on any atom is -0.382 e. The van der Waals surface area contributed by atoms with E-state index in [9.17, 15) is 19.2 Å². The summed E-state index contributed by atoms with van der Waals surface area (Å²) in [4.78, 5) is 57.3. The number of quaternary nitrogens is 1. The van der Waals surface area contributed by atoms with E-state index >= 15 is 0 Å². The van der Waals surface area contributed by atoms with E-state index in [-0.39, 0.29) is 59.9 Å². The van der Waals surface area contributed by atoms with Crippen LogP contribution in [0.2, 0.25) is 0 Å². The van der Waals surface area contributed by atoms with Crippen LogP contribution in [0.3, 0.4) is 0 Å². The number of likely N-dealkylation sites (tertiary alicyclic amines) is 2. The second-order valence-electron chi connectivity index (χ2n) is 11.3. The predicted molar refractivity (Wildman–Crippen MR) is 124 cm³/mol. The van der Waals surface area contributed by atoms with E-state index in [1.165, 1.54) is 0 Å². The molecule has 2 aliphatic carbocycles. The highest BCUT2D eigenvalue weighted by Crippen LogP contribution is 2.37. The lowest BCUT2D eigenvalue weighted by Gasteiger charge is -2.39. The lowest BCUT2D eigenvalue weighted by molar-refractivity contribution is -0.799. The fourth-order valence-electron chi connectivity index (χ4n) is 6.12. The van der Waals surface area contributed by atoms with Crippen molar-refractivity contribution in [1.82, 2.24) is 20.0 Å². The predicted octanol–water partition coefficient (Wildman–Crippen LogP) is 0.502. The van der Waals surface area contributed by atoms with Gasteiger partial charge in [-0.25, -0.2) is 9.59 Å². The number of nitrogens with zero attached hydrogens (tertiary/aromatic N) is 5. The Morgan fingerprint density at radius 1 is 0.914 bits per heavy atom. The summed E-state index contributed by atoms with van der Waals surface area (Å²) >= 11 is 0. The standard InChI is InChI=1S/C25H33N6O4/c26-21-7-19-14-31(6-5-20(19)27-28-21,24(34)17-8-22(32)29(12-17)10-15-1-2-15)25(35)18-9-23(33)30(13-18)11-16-3-4-16/h7,15-18H,1-6,8-14H2,(H2,26,28)/q+1/t17-,18-/m0/s1. The van der Waals surface area contributed by atoms with Crippen molar-refractivity contribution in [3.63, 3.8) is 0 Å². The van der Waals surface area contributed by atoms with Gasteiger partial charge in [-0.15, -0.1) is 5.10 Å². The van der Waals surface area contributed by atoms with Crippen LogP contribution in [0.25, 0.3) is 0 Å². The first kappa shape index (κ1) is 22.6. The molecule has 0 bridgehead atoms. The molecule has 2 saturated carbocycles. The fourth-order valence-corrected chi connectivity index (χ4v) is 6.12. The second-order valence-corrected chi connectivity index (χ2v) is 11.3. The van der Waals surface area contributed by atoms with Crippen LogP contribution in [0.1, 0.15) is 49.8 Å². The number of hydrogen-bond donors (Lipinski definition) is 1. The van der Waals surface area contributed by atoms with E-state index in [4.69, 9.17) is 5.73 Å². The molecule has 186 valence electrons. The highest BCUT2D eigenvalue weighted by Gasteiger charge is 2.56. The van der Waals surface area contributed by atoms with Crippen LogP contribution in [0, 0.1) is 23.7 Å². The Morgan fingerprint density at radius 3 is 1.97 bits per heavy atom. The van der Waals surface area contributed by atoms with Crippen LogP contribution in [0.4, 0.5) is 5.82 Å². The van der Waals surface area contributed by atoms with Gasteiger partial charge in [0.15, 0.2) is 0 Å². The van der Waals surface area contributed by atoms with Crippen molar-refractivity contribution in [2.45, 2.75) is 51.5 Å². The first-order chi connectivity index (χ1) is 16.8. The van der Waals surface area contributed by atoms with Gasteiger partial charge in [0.25, 0.3) is 0 Å². The van der Waals surface area contributed by atoms with E-state index in [0.29, 0.717) is 44.4 Å². The Hall–Kier alpha value is -2.88. The van der Waals surface area contributed by atoms with Gasteiger partial charge in [-0.1, -0.05) is 0 Å². The van der Waals surface area contributed by atoms with E-state index in [2.05, 4.69) is 10.2 Å². The molecular formula is C25H33N6O4+. The van der Waals surface area contributed by atoms with Crippen LogP contribution in [0.15, 0.2) is 6.07 Å². The normalized spacial score (nSPS) is 27.9. The Labute approximate surface area is 204 Å². The molecule has 6 rings (SSSR count). The van der Waals surface area contributed by atoms with Gasteiger partial charge in [-0.3, -0.25) is 9.59 Å². The molecule has 2 saturated heterocycles. The maximum atomic E-state index is 14.2. The molecule has 0 spiro atoms.